The number of carbonyl (C=O) groups excluding carboxylic acids is 1. The van der Waals surface area contributed by atoms with Gasteiger partial charge in [0.15, 0.2) is 0 Å². The van der Waals surface area contributed by atoms with Gasteiger partial charge in [0.05, 0.1) is 25.0 Å². The number of carbonyl (C=O) groups is 1. The highest BCUT2D eigenvalue weighted by Gasteiger charge is 2.42. The molecule has 0 atom stereocenters. The van der Waals surface area contributed by atoms with Crippen LogP contribution in [0.25, 0.3) is 0 Å². The molecule has 0 unspecified atom stereocenters. The van der Waals surface area contributed by atoms with Crippen molar-refractivity contribution >= 4 is 15.9 Å². The lowest BCUT2D eigenvalue weighted by atomic mass is 9.90. The lowest BCUT2D eigenvalue weighted by molar-refractivity contribution is -0.144. The number of aryl methyl sites for hydroxylation is 2. The average Bonchev–Trinajstić information content (AvgIpc) is 2.98. The molecule has 2 saturated heterocycles. The highest BCUT2D eigenvalue weighted by atomic mass is 32.2. The first-order chi connectivity index (χ1) is 11.8. The van der Waals surface area contributed by atoms with Crippen LogP contribution < -0.4 is 0 Å². The van der Waals surface area contributed by atoms with Crippen LogP contribution in [-0.4, -0.2) is 88.4 Å². The van der Waals surface area contributed by atoms with Crippen LogP contribution in [0.1, 0.15) is 25.1 Å². The van der Waals surface area contributed by atoms with Gasteiger partial charge >= 0.3 is 0 Å². The lowest BCUT2D eigenvalue weighted by Gasteiger charge is -2.46. The molecule has 0 aliphatic carbocycles. The first kappa shape index (κ1) is 18.2. The average molecular weight is 372 g/mol. The van der Waals surface area contributed by atoms with Crippen molar-refractivity contribution in [3.05, 3.63) is 5.82 Å². The lowest BCUT2D eigenvalue weighted by Crippen LogP contribution is -2.58. The van der Waals surface area contributed by atoms with Crippen molar-refractivity contribution in [2.45, 2.75) is 38.3 Å². The van der Waals surface area contributed by atoms with Crippen molar-refractivity contribution in [1.29, 1.82) is 0 Å². The van der Waals surface area contributed by atoms with Crippen LogP contribution in [0.2, 0.25) is 0 Å². The van der Waals surface area contributed by atoms with Gasteiger partial charge in [-0.15, -0.1) is 5.10 Å². The number of hydrogen-bond donors (Lipinski definition) is 0. The zero-order chi connectivity index (χ0) is 18.1. The van der Waals surface area contributed by atoms with Gasteiger partial charge in [-0.25, -0.2) is 13.1 Å². The van der Waals surface area contributed by atoms with E-state index in [0.29, 0.717) is 64.4 Å². The third-order valence-electron chi connectivity index (χ3n) is 4.96. The number of amides is 1. The minimum atomic E-state index is -3.22. The maximum atomic E-state index is 12.4. The standard InChI is InChI=1S/C14H24N6O4S/c1-12-15-16-17-20(12)6-3-13(21)18-7-4-14(5-8-18)11-19(9-10-24-14)25(2,22)23/h3-11H2,1-2H3. The molecule has 1 spiro atoms. The second-order valence-electron chi connectivity index (χ2n) is 6.71. The normalized spacial score (nSPS) is 21.6. The third-order valence-corrected chi connectivity index (χ3v) is 6.21. The maximum absolute atomic E-state index is 12.4. The molecular formula is C14H24N6O4S. The molecule has 1 aromatic heterocycles. The molecule has 0 radical (unpaired) electrons. The fraction of sp³-hybridized carbons (Fsp3) is 0.857. The molecule has 0 saturated carbocycles. The number of hydrogen-bond acceptors (Lipinski definition) is 7. The summed E-state index contributed by atoms with van der Waals surface area (Å²) in [7, 11) is -3.22. The molecule has 2 aliphatic rings. The number of morpholine rings is 1. The zero-order valence-electron chi connectivity index (χ0n) is 14.6. The van der Waals surface area contributed by atoms with Crippen molar-refractivity contribution in [3.8, 4) is 0 Å². The van der Waals surface area contributed by atoms with Gasteiger partial charge in [-0.05, 0) is 30.2 Å². The molecule has 1 amide bonds. The number of aromatic nitrogens is 4. The molecule has 25 heavy (non-hydrogen) atoms. The van der Waals surface area contributed by atoms with Gasteiger partial charge in [-0.3, -0.25) is 4.79 Å². The van der Waals surface area contributed by atoms with Crippen molar-refractivity contribution < 1.29 is 17.9 Å². The summed E-state index contributed by atoms with van der Waals surface area (Å²) < 4.78 is 32.6. The summed E-state index contributed by atoms with van der Waals surface area (Å²) in [6.07, 6.45) is 2.87. The van der Waals surface area contributed by atoms with Gasteiger partial charge in [0.1, 0.15) is 5.82 Å². The van der Waals surface area contributed by atoms with E-state index in [4.69, 9.17) is 4.74 Å². The first-order valence-electron chi connectivity index (χ1n) is 8.39. The second-order valence-corrected chi connectivity index (χ2v) is 8.69. The number of likely N-dealkylation sites (tertiary alicyclic amines) is 1. The molecule has 1 aromatic rings. The Bertz CT molecular complexity index is 725. The quantitative estimate of drug-likeness (QED) is 0.668. The van der Waals surface area contributed by atoms with E-state index < -0.39 is 15.6 Å². The van der Waals surface area contributed by atoms with Crippen LogP contribution in [0.5, 0.6) is 0 Å². The van der Waals surface area contributed by atoms with Crippen LogP contribution in [0, 0.1) is 6.92 Å². The SMILES string of the molecule is Cc1nnnn1CCC(=O)N1CCC2(CC1)CN(S(C)(=O)=O)CCO2. The topological polar surface area (TPSA) is 111 Å². The second kappa shape index (κ2) is 6.96. The molecule has 0 bridgehead atoms. The molecule has 3 heterocycles. The molecule has 10 nitrogen and oxygen atoms in total. The van der Waals surface area contributed by atoms with E-state index in [9.17, 15) is 13.2 Å². The van der Waals surface area contributed by atoms with Crippen molar-refractivity contribution in [2.75, 3.05) is 39.0 Å². The predicted octanol–water partition coefficient (Wildman–Crippen LogP) is -0.975. The highest BCUT2D eigenvalue weighted by molar-refractivity contribution is 7.88. The van der Waals surface area contributed by atoms with E-state index in [1.807, 2.05) is 4.90 Å². The Morgan fingerprint density at radius 1 is 1.28 bits per heavy atom. The van der Waals surface area contributed by atoms with Gasteiger partial charge in [-0.2, -0.15) is 4.31 Å². The summed E-state index contributed by atoms with van der Waals surface area (Å²) in [6.45, 7) is 4.57. The Hall–Kier alpha value is -1.59. The summed E-state index contributed by atoms with van der Waals surface area (Å²) in [6, 6.07) is 0. The number of nitrogens with zero attached hydrogens (tertiary/aromatic N) is 6. The Kier molecular flexibility index (Phi) is 5.07. The van der Waals surface area contributed by atoms with Crippen LogP contribution in [-0.2, 0) is 26.1 Å². The summed E-state index contributed by atoms with van der Waals surface area (Å²) in [5, 5.41) is 11.2. The predicted molar refractivity (Wildman–Crippen MR) is 88.1 cm³/mol. The molecule has 140 valence electrons. The Labute approximate surface area is 147 Å². The first-order valence-corrected chi connectivity index (χ1v) is 10.2. The monoisotopic (exact) mass is 372 g/mol. The number of tetrazole rings is 1. The van der Waals surface area contributed by atoms with Gasteiger partial charge in [0.25, 0.3) is 0 Å². The Balaban J connectivity index is 1.52. The van der Waals surface area contributed by atoms with Crippen molar-refractivity contribution in [2.24, 2.45) is 0 Å². The number of rotatable bonds is 4. The van der Waals surface area contributed by atoms with Crippen LogP contribution >= 0.6 is 0 Å². The molecule has 2 aliphatic heterocycles. The summed E-state index contributed by atoms with van der Waals surface area (Å²) in [5.74, 6) is 0.738. The van der Waals surface area contributed by atoms with Gasteiger partial charge in [-0.1, -0.05) is 0 Å². The highest BCUT2D eigenvalue weighted by Crippen LogP contribution is 2.31. The molecule has 11 heteroatoms. The van der Waals surface area contributed by atoms with E-state index in [1.54, 1.807) is 11.6 Å². The van der Waals surface area contributed by atoms with Crippen molar-refractivity contribution in [1.82, 2.24) is 29.4 Å². The molecule has 2 fully saturated rings. The number of sulfonamides is 1. The zero-order valence-corrected chi connectivity index (χ0v) is 15.4. The molecule has 0 N–H and O–H groups in total. The Morgan fingerprint density at radius 3 is 2.60 bits per heavy atom. The van der Waals surface area contributed by atoms with Gasteiger partial charge in [0.2, 0.25) is 15.9 Å². The minimum absolute atomic E-state index is 0.0560. The fourth-order valence-corrected chi connectivity index (χ4v) is 4.25. The summed E-state index contributed by atoms with van der Waals surface area (Å²) >= 11 is 0. The largest absolute Gasteiger partial charge is 0.372 e. The Morgan fingerprint density at radius 2 is 2.00 bits per heavy atom. The van der Waals surface area contributed by atoms with E-state index in [0.717, 1.165) is 0 Å². The van der Waals surface area contributed by atoms with E-state index in [2.05, 4.69) is 15.5 Å². The summed E-state index contributed by atoms with van der Waals surface area (Å²) in [5.41, 5.74) is -0.468. The summed E-state index contributed by atoms with van der Waals surface area (Å²) in [4.78, 5) is 14.2. The van der Waals surface area contributed by atoms with Crippen LogP contribution in [0.3, 0.4) is 0 Å². The van der Waals surface area contributed by atoms with Crippen LogP contribution in [0.4, 0.5) is 0 Å². The van der Waals surface area contributed by atoms with E-state index >= 15 is 0 Å². The third kappa shape index (κ3) is 4.15. The number of ether oxygens (including phenoxy) is 1. The molecule has 0 aromatic carbocycles. The van der Waals surface area contributed by atoms with E-state index in [-0.39, 0.29) is 5.91 Å². The van der Waals surface area contributed by atoms with Crippen molar-refractivity contribution in [3.63, 3.8) is 0 Å². The molecular weight excluding hydrogens is 348 g/mol. The number of piperidine rings is 1. The van der Waals surface area contributed by atoms with E-state index in [1.165, 1.54) is 10.6 Å². The smallest absolute Gasteiger partial charge is 0.224 e. The fourth-order valence-electron chi connectivity index (χ4n) is 3.37. The van der Waals surface area contributed by atoms with Crippen LogP contribution in [0.15, 0.2) is 0 Å². The van der Waals surface area contributed by atoms with Gasteiger partial charge < -0.3 is 9.64 Å². The molecule has 3 rings (SSSR count). The van der Waals surface area contributed by atoms with Gasteiger partial charge in [0, 0.05) is 32.6 Å². The minimum Gasteiger partial charge on any atom is -0.372 e. The maximum Gasteiger partial charge on any atom is 0.224 e.